The lowest BCUT2D eigenvalue weighted by molar-refractivity contribution is -0.151. The topological polar surface area (TPSA) is 46.6 Å². The van der Waals surface area contributed by atoms with Crippen LogP contribution in [0.1, 0.15) is 27.7 Å². The first-order valence-corrected chi connectivity index (χ1v) is 8.73. The number of nitrogens with zero attached hydrogens (tertiary/aromatic N) is 1. The van der Waals surface area contributed by atoms with E-state index in [9.17, 15) is 9.59 Å². The van der Waals surface area contributed by atoms with Gasteiger partial charge in [0.05, 0.1) is 11.9 Å². The van der Waals surface area contributed by atoms with Gasteiger partial charge >= 0.3 is 5.97 Å². The molecule has 0 bridgehead atoms. The van der Waals surface area contributed by atoms with Gasteiger partial charge in [-0.2, -0.15) is 11.8 Å². The molecule has 1 fully saturated rings. The summed E-state index contributed by atoms with van der Waals surface area (Å²) in [4.78, 5) is 25.9. The predicted octanol–water partition coefficient (Wildman–Crippen LogP) is 2.03. The van der Waals surface area contributed by atoms with E-state index in [2.05, 4.69) is 0 Å². The number of thioether (sulfide) groups is 2. The summed E-state index contributed by atoms with van der Waals surface area (Å²) in [5, 5.41) is -0.0348. The molecule has 0 spiro atoms. The van der Waals surface area contributed by atoms with Gasteiger partial charge in [0.25, 0.3) is 0 Å². The van der Waals surface area contributed by atoms with Crippen LogP contribution in [0.3, 0.4) is 0 Å². The Morgan fingerprint density at radius 1 is 1.32 bits per heavy atom. The maximum absolute atomic E-state index is 12.6. The average Bonchev–Trinajstić information content (AvgIpc) is 2.35. The molecular weight excluding hydrogens is 282 g/mol. The lowest BCUT2D eigenvalue weighted by atomic mass is 10.1. The van der Waals surface area contributed by atoms with Crippen LogP contribution in [-0.2, 0) is 14.3 Å². The van der Waals surface area contributed by atoms with Crippen LogP contribution < -0.4 is 0 Å². The van der Waals surface area contributed by atoms with Gasteiger partial charge in [0.2, 0.25) is 5.91 Å². The summed E-state index contributed by atoms with van der Waals surface area (Å²) in [5.41, 5.74) is -0.369. The van der Waals surface area contributed by atoms with Gasteiger partial charge in [-0.15, -0.1) is 11.8 Å². The van der Waals surface area contributed by atoms with Crippen molar-refractivity contribution < 1.29 is 14.3 Å². The Hall–Kier alpha value is -0.360. The summed E-state index contributed by atoms with van der Waals surface area (Å²) in [6.45, 7) is 8.01. The first kappa shape index (κ1) is 16.7. The Labute approximate surface area is 124 Å². The van der Waals surface area contributed by atoms with Crippen LogP contribution in [0.4, 0.5) is 0 Å². The second kappa shape index (κ2) is 7.43. The molecule has 0 aromatic heterocycles. The highest BCUT2D eigenvalue weighted by Gasteiger charge is 2.34. The molecule has 19 heavy (non-hydrogen) atoms. The highest BCUT2D eigenvalue weighted by atomic mass is 32.2. The Morgan fingerprint density at radius 3 is 2.47 bits per heavy atom. The largest absolute Gasteiger partial charge is 0.465 e. The van der Waals surface area contributed by atoms with Crippen molar-refractivity contribution in [2.75, 3.05) is 30.4 Å². The van der Waals surface area contributed by atoms with Crippen molar-refractivity contribution in [1.82, 2.24) is 4.90 Å². The van der Waals surface area contributed by atoms with Crippen LogP contribution in [0.15, 0.2) is 0 Å². The predicted molar refractivity (Wildman–Crippen MR) is 81.7 cm³/mol. The fraction of sp³-hybridized carbons (Fsp3) is 0.846. The van der Waals surface area contributed by atoms with Gasteiger partial charge in [0, 0.05) is 22.8 Å². The minimum Gasteiger partial charge on any atom is -0.465 e. The van der Waals surface area contributed by atoms with E-state index in [0.717, 1.165) is 17.3 Å². The van der Waals surface area contributed by atoms with Crippen molar-refractivity contribution in [3.05, 3.63) is 0 Å². The van der Waals surface area contributed by atoms with Crippen molar-refractivity contribution in [2.24, 2.45) is 0 Å². The molecule has 0 aliphatic carbocycles. The summed E-state index contributed by atoms with van der Waals surface area (Å²) in [5.74, 6) is 2.65. The average molecular weight is 305 g/mol. The molecule has 0 aromatic carbocycles. The van der Waals surface area contributed by atoms with Crippen molar-refractivity contribution in [2.45, 2.75) is 38.5 Å². The van der Waals surface area contributed by atoms with Crippen molar-refractivity contribution >= 4 is 35.4 Å². The number of ether oxygens (including phenoxy) is 1. The van der Waals surface area contributed by atoms with Crippen LogP contribution in [0.5, 0.6) is 0 Å². The van der Waals surface area contributed by atoms with Gasteiger partial charge in [-0.3, -0.25) is 9.59 Å². The SMILES string of the molecule is CCOC(=O)CN(C(=O)C1CSCCS1)C(C)(C)C. The Bertz CT molecular complexity index is 322. The molecule has 1 rings (SSSR count). The van der Waals surface area contributed by atoms with Crippen LogP contribution in [0, 0.1) is 0 Å². The summed E-state index contributed by atoms with van der Waals surface area (Å²) in [6, 6.07) is 0. The smallest absolute Gasteiger partial charge is 0.325 e. The first-order valence-electron chi connectivity index (χ1n) is 6.52. The minimum absolute atomic E-state index is 0.0348. The van der Waals surface area contributed by atoms with Crippen molar-refractivity contribution in [1.29, 1.82) is 0 Å². The van der Waals surface area contributed by atoms with Crippen LogP contribution in [0.25, 0.3) is 0 Å². The van der Waals surface area contributed by atoms with E-state index in [1.807, 2.05) is 20.8 Å². The molecule has 0 saturated carbocycles. The standard InChI is InChI=1S/C13H23NO3S2/c1-5-17-11(15)8-14(13(2,3)4)12(16)10-9-18-6-7-19-10/h10H,5-9H2,1-4H3. The van der Waals surface area contributed by atoms with Gasteiger partial charge in [-0.05, 0) is 27.7 Å². The Kier molecular flexibility index (Phi) is 6.53. The minimum atomic E-state index is -0.369. The highest BCUT2D eigenvalue weighted by Crippen LogP contribution is 2.27. The normalized spacial score (nSPS) is 19.9. The zero-order valence-electron chi connectivity index (χ0n) is 12.1. The molecule has 1 unspecified atom stereocenters. The number of hydrogen-bond donors (Lipinski definition) is 0. The quantitative estimate of drug-likeness (QED) is 0.744. The molecule has 1 aliphatic heterocycles. The molecule has 1 atom stereocenters. The highest BCUT2D eigenvalue weighted by molar-refractivity contribution is 8.07. The van der Waals surface area contributed by atoms with E-state index in [1.165, 1.54) is 0 Å². The van der Waals surface area contributed by atoms with Gasteiger partial charge < -0.3 is 9.64 Å². The fourth-order valence-electron chi connectivity index (χ4n) is 1.79. The summed E-state index contributed by atoms with van der Waals surface area (Å²) in [7, 11) is 0. The summed E-state index contributed by atoms with van der Waals surface area (Å²) < 4.78 is 4.96. The van der Waals surface area contributed by atoms with Gasteiger partial charge in [-0.1, -0.05) is 0 Å². The van der Waals surface area contributed by atoms with E-state index in [4.69, 9.17) is 4.74 Å². The molecule has 0 aromatic rings. The van der Waals surface area contributed by atoms with E-state index >= 15 is 0 Å². The number of amides is 1. The van der Waals surface area contributed by atoms with Gasteiger partial charge in [-0.25, -0.2) is 0 Å². The van der Waals surface area contributed by atoms with Crippen molar-refractivity contribution in [3.8, 4) is 0 Å². The third-order valence-corrected chi connectivity index (χ3v) is 5.50. The molecule has 1 aliphatic rings. The number of rotatable bonds is 4. The Balaban J connectivity index is 2.72. The van der Waals surface area contributed by atoms with Crippen LogP contribution >= 0.6 is 23.5 Å². The summed E-state index contributed by atoms with van der Waals surface area (Å²) >= 11 is 3.50. The molecule has 110 valence electrons. The van der Waals surface area contributed by atoms with Gasteiger partial charge in [0.1, 0.15) is 6.54 Å². The fourth-order valence-corrected chi connectivity index (χ4v) is 4.39. The molecule has 0 radical (unpaired) electrons. The number of hydrogen-bond acceptors (Lipinski definition) is 5. The molecule has 6 heteroatoms. The van der Waals surface area contributed by atoms with E-state index < -0.39 is 0 Å². The first-order chi connectivity index (χ1) is 8.86. The third kappa shape index (κ3) is 5.26. The lowest BCUT2D eigenvalue weighted by Gasteiger charge is -2.37. The monoisotopic (exact) mass is 305 g/mol. The zero-order valence-corrected chi connectivity index (χ0v) is 13.7. The van der Waals surface area contributed by atoms with Crippen LogP contribution in [0.2, 0.25) is 0 Å². The third-order valence-electron chi connectivity index (χ3n) is 2.76. The second-order valence-corrected chi connectivity index (χ2v) is 7.80. The number of carbonyl (C=O) groups excluding carboxylic acids is 2. The van der Waals surface area contributed by atoms with Crippen LogP contribution in [-0.4, -0.2) is 58.0 Å². The maximum Gasteiger partial charge on any atom is 0.325 e. The lowest BCUT2D eigenvalue weighted by Crippen LogP contribution is -2.52. The molecular formula is C13H23NO3S2. The van der Waals surface area contributed by atoms with E-state index in [-0.39, 0.29) is 29.2 Å². The number of carbonyl (C=O) groups is 2. The maximum atomic E-state index is 12.6. The molecule has 0 N–H and O–H groups in total. The Morgan fingerprint density at radius 2 is 2.00 bits per heavy atom. The molecule has 1 amide bonds. The van der Waals surface area contributed by atoms with E-state index in [1.54, 1.807) is 35.3 Å². The van der Waals surface area contributed by atoms with E-state index in [0.29, 0.717) is 6.61 Å². The van der Waals surface area contributed by atoms with Crippen molar-refractivity contribution in [3.63, 3.8) is 0 Å². The molecule has 4 nitrogen and oxygen atoms in total. The number of esters is 1. The zero-order chi connectivity index (χ0) is 14.5. The molecule has 1 saturated heterocycles. The summed E-state index contributed by atoms with van der Waals surface area (Å²) in [6.07, 6.45) is 0. The van der Waals surface area contributed by atoms with Gasteiger partial charge in [0.15, 0.2) is 0 Å². The second-order valence-electron chi connectivity index (χ2n) is 5.33. The molecule has 1 heterocycles.